The van der Waals surface area contributed by atoms with Crippen molar-refractivity contribution in [1.29, 1.82) is 0 Å². The van der Waals surface area contributed by atoms with E-state index in [1.807, 2.05) is 182 Å². The van der Waals surface area contributed by atoms with Crippen molar-refractivity contribution in [2.75, 3.05) is 34.5 Å². The minimum absolute atomic E-state index is 0.0380. The third-order valence-corrected chi connectivity index (χ3v) is 14.5. The summed E-state index contributed by atoms with van der Waals surface area (Å²) in [6, 6.07) is 57.3. The highest BCUT2D eigenvalue weighted by atomic mass is 16.8. The molecule has 3 saturated heterocycles. The molecule has 6 aromatic carbocycles. The third kappa shape index (κ3) is 17.0. The highest BCUT2D eigenvalue weighted by Gasteiger charge is 2.59. The number of methoxy groups -OCH3 is 3. The molecule has 18 nitrogen and oxygen atoms in total. The van der Waals surface area contributed by atoms with Crippen LogP contribution < -0.4 is 0 Å². The molecule has 0 unspecified atom stereocenters. The molecule has 0 aliphatic carbocycles. The Bertz CT molecular complexity index is 2800. The van der Waals surface area contributed by atoms with Crippen LogP contribution in [0.4, 0.5) is 0 Å². The second-order valence-electron chi connectivity index (χ2n) is 20.3. The van der Waals surface area contributed by atoms with Gasteiger partial charge in [0.1, 0.15) is 61.0 Å². The quantitative estimate of drug-likeness (QED) is 0.0467. The van der Waals surface area contributed by atoms with Crippen LogP contribution in [0.1, 0.15) is 40.3 Å². The summed E-state index contributed by atoms with van der Waals surface area (Å²) in [6.45, 7) is 1.84. The van der Waals surface area contributed by atoms with Gasteiger partial charge >= 0.3 is 11.9 Å². The largest absolute Gasteiger partial charge is 0.467 e. The summed E-state index contributed by atoms with van der Waals surface area (Å²) in [5, 5.41) is 12.3. The Morgan fingerprint density at radius 3 is 1.19 bits per heavy atom. The van der Waals surface area contributed by atoms with Crippen LogP contribution in [0.5, 0.6) is 0 Å². The van der Waals surface area contributed by atoms with Crippen LogP contribution in [0.3, 0.4) is 0 Å². The predicted octanol–water partition coefficient (Wildman–Crippen LogP) is 7.83. The van der Waals surface area contributed by atoms with Crippen molar-refractivity contribution in [3.63, 3.8) is 0 Å². The Hall–Kier alpha value is -6.30. The van der Waals surface area contributed by atoms with Crippen LogP contribution in [0.2, 0.25) is 0 Å². The summed E-state index contributed by atoms with van der Waals surface area (Å²) < 4.78 is 97.6. The number of hydrogen-bond donors (Lipinski definition) is 1. The molecule has 0 spiro atoms. The van der Waals surface area contributed by atoms with Crippen LogP contribution in [-0.4, -0.2) is 144 Å². The van der Waals surface area contributed by atoms with Gasteiger partial charge in [-0.1, -0.05) is 182 Å². The molecule has 0 saturated carbocycles. The SMILES string of the molecule is COC(=O)[C@H]1O[C@@H](O[C@H]2[C@H](OCc3ccccc3)[C@@H](OCc3ccccc3)[C@@H](OC)O[C@@H]2COCc2ccccc2)[C@H](OC(C)=O)[C@@H](OC)[C@@H]1O[C@H]1O[C@H](COCc2ccccc2)[C@@H](O)[C@H](OCc2ccccc2)[C@H]1OCc1ccccc1. The normalized spacial score (nSPS) is 28.0. The summed E-state index contributed by atoms with van der Waals surface area (Å²) >= 11 is 0. The van der Waals surface area contributed by atoms with Gasteiger partial charge in [0, 0.05) is 21.1 Å². The molecule has 0 bridgehead atoms. The fraction of sp³-hybridized carbons (Fsp3) is 0.415. The van der Waals surface area contributed by atoms with Crippen LogP contribution >= 0.6 is 0 Å². The summed E-state index contributed by atoms with van der Waals surface area (Å²) in [4.78, 5) is 27.9. The number of esters is 2. The molecule has 3 fully saturated rings. The molecule has 0 aromatic heterocycles. The van der Waals surface area contributed by atoms with E-state index in [1.165, 1.54) is 28.3 Å². The van der Waals surface area contributed by atoms with Gasteiger partial charge in [-0.25, -0.2) is 4.79 Å². The van der Waals surface area contributed by atoms with Crippen LogP contribution in [0, 0.1) is 0 Å². The first-order valence-electron chi connectivity index (χ1n) is 27.8. The van der Waals surface area contributed by atoms with E-state index >= 15 is 0 Å². The van der Waals surface area contributed by atoms with Crippen LogP contribution in [-0.2, 0) is 120 Å². The van der Waals surface area contributed by atoms with Gasteiger partial charge < -0.3 is 76.2 Å². The smallest absolute Gasteiger partial charge is 0.337 e. The average Bonchev–Trinajstić information content (AvgIpc) is 3.71. The van der Waals surface area contributed by atoms with Gasteiger partial charge in [-0.3, -0.25) is 4.79 Å². The minimum Gasteiger partial charge on any atom is -0.467 e. The third-order valence-electron chi connectivity index (χ3n) is 14.5. The summed E-state index contributed by atoms with van der Waals surface area (Å²) in [5.41, 5.74) is 5.17. The zero-order chi connectivity index (χ0) is 57.8. The van der Waals surface area contributed by atoms with Crippen molar-refractivity contribution in [2.45, 2.75) is 139 Å². The van der Waals surface area contributed by atoms with E-state index in [9.17, 15) is 14.7 Å². The van der Waals surface area contributed by atoms with Gasteiger partial charge in [0.25, 0.3) is 0 Å². The molecule has 6 aromatic rings. The predicted molar refractivity (Wildman–Crippen MR) is 299 cm³/mol. The summed E-state index contributed by atoms with van der Waals surface area (Å²) in [7, 11) is 4.09. The molecular weight excluding hydrogens is 1070 g/mol. The van der Waals surface area contributed by atoms with E-state index in [0.29, 0.717) is 0 Å². The first-order valence-corrected chi connectivity index (χ1v) is 27.8. The van der Waals surface area contributed by atoms with Gasteiger partial charge in [-0.15, -0.1) is 0 Å². The number of carbonyl (C=O) groups excluding carboxylic acids is 2. The first kappa shape index (κ1) is 61.3. The summed E-state index contributed by atoms with van der Waals surface area (Å²) in [6.07, 6.45) is -18.8. The molecule has 3 aliphatic heterocycles. The number of hydrogen-bond acceptors (Lipinski definition) is 18. The maximum atomic E-state index is 14.5. The second-order valence-corrected chi connectivity index (χ2v) is 20.3. The Balaban J connectivity index is 1.07. The molecule has 18 heteroatoms. The number of benzene rings is 6. The molecule has 1 N–H and O–H groups in total. The average molecular weight is 1140 g/mol. The first-order chi connectivity index (χ1) is 40.7. The summed E-state index contributed by atoms with van der Waals surface area (Å²) in [5.74, 6) is -1.63. The second kappa shape index (κ2) is 31.6. The van der Waals surface area contributed by atoms with Gasteiger partial charge in [0.15, 0.2) is 31.1 Å². The van der Waals surface area contributed by atoms with Crippen molar-refractivity contribution in [3.8, 4) is 0 Å². The monoisotopic (exact) mass is 1140 g/mol. The topological polar surface area (TPSA) is 193 Å². The number of ether oxygens (including phenoxy) is 15. The molecule has 83 heavy (non-hydrogen) atoms. The van der Waals surface area contributed by atoms with Crippen LogP contribution in [0.15, 0.2) is 182 Å². The molecule has 15 atom stereocenters. The molecule has 0 amide bonds. The molecule has 442 valence electrons. The van der Waals surface area contributed by atoms with E-state index in [2.05, 4.69) is 0 Å². The number of aliphatic hydroxyl groups is 1. The lowest BCUT2D eigenvalue weighted by Crippen LogP contribution is -2.68. The van der Waals surface area contributed by atoms with Crippen LogP contribution in [0.25, 0.3) is 0 Å². The van der Waals surface area contributed by atoms with Crippen molar-refractivity contribution in [1.82, 2.24) is 0 Å². The lowest BCUT2D eigenvalue weighted by molar-refractivity contribution is -0.383. The van der Waals surface area contributed by atoms with E-state index in [0.717, 1.165) is 33.4 Å². The lowest BCUT2D eigenvalue weighted by atomic mass is 9.95. The van der Waals surface area contributed by atoms with Crippen molar-refractivity contribution in [2.24, 2.45) is 0 Å². The maximum Gasteiger partial charge on any atom is 0.337 e. The van der Waals surface area contributed by atoms with E-state index in [-0.39, 0.29) is 52.9 Å². The van der Waals surface area contributed by atoms with E-state index in [1.54, 1.807) is 0 Å². The fourth-order valence-corrected chi connectivity index (χ4v) is 10.3. The number of rotatable bonds is 28. The highest BCUT2D eigenvalue weighted by molar-refractivity contribution is 5.75. The van der Waals surface area contributed by atoms with Gasteiger partial charge in [0.05, 0.1) is 60.0 Å². The molecule has 3 heterocycles. The Morgan fingerprint density at radius 2 is 0.771 bits per heavy atom. The molecular formula is C65H74O18. The Kier molecular flexibility index (Phi) is 23.3. The van der Waals surface area contributed by atoms with E-state index < -0.39 is 104 Å². The standard InChI is InChI=1S/C65H74O18/c1-43(66)78-61-55(69-2)57(82-64-59(76-39-48-31-19-9-20-32-48)54(74-37-46-27-15-7-16-28-46)52(67)50(79-64)41-72-35-44-23-11-5-12-24-44)58(62(68)70-3)83-65(61)81-53-51(42-73-36-45-25-13-6-14-26-45)80-63(71-4)60(77-40-49-33-21-10-22-34-49)56(53)75-38-47-29-17-8-18-30-47/h5-34,50-61,63-65,67H,35-42H2,1-4H3/t50-,51-,52-,53-,54+,55+,56+,57+,58+,59-,60-,61-,63+,64-,65-/m1/s1. The molecule has 3 aliphatic rings. The fourth-order valence-electron chi connectivity index (χ4n) is 10.3. The molecule has 0 radical (unpaired) electrons. The number of carbonyl (C=O) groups is 2. The number of aliphatic hydroxyl groups excluding tert-OH is 1. The lowest BCUT2D eigenvalue weighted by Gasteiger charge is -2.50. The van der Waals surface area contributed by atoms with E-state index in [4.69, 9.17) is 71.1 Å². The molecule has 9 rings (SSSR count). The minimum atomic E-state index is -1.67. The van der Waals surface area contributed by atoms with Crippen molar-refractivity contribution < 1.29 is 85.7 Å². The highest BCUT2D eigenvalue weighted by Crippen LogP contribution is 2.38. The van der Waals surface area contributed by atoms with Gasteiger partial charge in [-0.2, -0.15) is 0 Å². The van der Waals surface area contributed by atoms with Crippen molar-refractivity contribution in [3.05, 3.63) is 215 Å². The van der Waals surface area contributed by atoms with Crippen molar-refractivity contribution >= 4 is 11.9 Å². The zero-order valence-electron chi connectivity index (χ0n) is 47.0. The van der Waals surface area contributed by atoms with Gasteiger partial charge in [-0.05, 0) is 33.4 Å². The Labute approximate surface area is 484 Å². The van der Waals surface area contributed by atoms with Gasteiger partial charge in [0.2, 0.25) is 0 Å². The Morgan fingerprint density at radius 1 is 0.398 bits per heavy atom. The maximum absolute atomic E-state index is 14.5. The zero-order valence-corrected chi connectivity index (χ0v) is 47.0.